The van der Waals surface area contributed by atoms with Crippen molar-refractivity contribution in [1.29, 1.82) is 0 Å². The van der Waals surface area contributed by atoms with E-state index in [1.54, 1.807) is 7.11 Å². The smallest absolute Gasteiger partial charge is 0.247 e. The molecule has 1 aliphatic carbocycles. The number of carbonyl (C=O) groups is 1. The topological polar surface area (TPSA) is 100 Å². The number of ether oxygens (including phenoxy) is 1. The Kier molecular flexibility index (Phi) is 7.08. The average Bonchev–Trinajstić information content (AvgIpc) is 3.73. The zero-order valence-electron chi connectivity index (χ0n) is 22.9. The quantitative estimate of drug-likeness (QED) is 0.302. The maximum Gasteiger partial charge on any atom is 0.247 e. The molecule has 1 saturated carbocycles. The molecule has 1 amide bonds. The second-order valence-electron chi connectivity index (χ2n) is 10.4. The van der Waals surface area contributed by atoms with Gasteiger partial charge in [0.05, 0.1) is 41.6 Å². The third kappa shape index (κ3) is 5.48. The van der Waals surface area contributed by atoms with Gasteiger partial charge in [-0.3, -0.25) is 14.4 Å². The first-order chi connectivity index (χ1) is 19.5. The lowest BCUT2D eigenvalue weighted by molar-refractivity contribution is -0.111. The average molecular weight is 539 g/mol. The molecule has 0 atom stereocenters. The highest BCUT2D eigenvalue weighted by molar-refractivity contribution is 6.02. The third-order valence-corrected chi connectivity index (χ3v) is 7.66. The molecule has 1 saturated heterocycles. The number of benzene rings is 2. The summed E-state index contributed by atoms with van der Waals surface area (Å²) in [7, 11) is 3.57. The van der Waals surface area contributed by atoms with Crippen LogP contribution in [0.5, 0.6) is 5.75 Å². The second-order valence-corrected chi connectivity index (χ2v) is 10.4. The highest BCUT2D eigenvalue weighted by atomic mass is 16.5. The van der Waals surface area contributed by atoms with Crippen LogP contribution in [0.3, 0.4) is 0 Å². The number of piperazine rings is 1. The standard InChI is InChI=1S/C30H34N8O2/c1-4-30(39)35-24-14-25(28(40-3)16-27(24)38-11-9-37(10-12-38)18-20-5-6-20)34-29-15-23(31-19-32-29)21-7-8-26-22(13-21)17-33-36(26)2/h4,7-8,13-17,19-20H,1,5-6,9-12,18H2,2-3H3,(H,35,39)(H,31,32,34). The van der Waals surface area contributed by atoms with Crippen LogP contribution in [0, 0.1) is 5.92 Å². The lowest BCUT2D eigenvalue weighted by Crippen LogP contribution is -2.47. The number of methoxy groups -OCH3 is 1. The first-order valence-electron chi connectivity index (χ1n) is 13.6. The molecule has 10 heteroatoms. The van der Waals surface area contributed by atoms with E-state index in [0.29, 0.717) is 22.9 Å². The fraction of sp³-hybridized carbons (Fsp3) is 0.333. The number of carbonyl (C=O) groups excluding carboxylic acids is 1. The van der Waals surface area contributed by atoms with Gasteiger partial charge in [0.15, 0.2) is 0 Å². The van der Waals surface area contributed by atoms with Gasteiger partial charge in [-0.25, -0.2) is 9.97 Å². The fourth-order valence-electron chi connectivity index (χ4n) is 5.26. The number of aryl methyl sites for hydroxylation is 1. The van der Waals surface area contributed by atoms with E-state index in [9.17, 15) is 4.79 Å². The minimum absolute atomic E-state index is 0.264. The van der Waals surface area contributed by atoms with Gasteiger partial charge in [0.2, 0.25) is 5.91 Å². The molecular formula is C30H34N8O2. The van der Waals surface area contributed by atoms with Crippen LogP contribution in [0.1, 0.15) is 12.8 Å². The molecule has 4 aromatic rings. The van der Waals surface area contributed by atoms with Gasteiger partial charge in [-0.05, 0) is 43.0 Å². The first-order valence-corrected chi connectivity index (χ1v) is 13.6. The van der Waals surface area contributed by atoms with Crippen LogP contribution in [0.2, 0.25) is 0 Å². The largest absolute Gasteiger partial charge is 0.494 e. The number of fused-ring (bicyclic) bond motifs is 1. The van der Waals surface area contributed by atoms with Gasteiger partial charge >= 0.3 is 0 Å². The maximum atomic E-state index is 12.4. The van der Waals surface area contributed by atoms with Crippen molar-refractivity contribution < 1.29 is 9.53 Å². The number of hydrogen-bond acceptors (Lipinski definition) is 8. The van der Waals surface area contributed by atoms with Crippen molar-refractivity contribution in [2.24, 2.45) is 13.0 Å². The Labute approximate surface area is 233 Å². The summed E-state index contributed by atoms with van der Waals surface area (Å²) in [5.41, 5.74) is 5.11. The lowest BCUT2D eigenvalue weighted by Gasteiger charge is -2.37. The van der Waals surface area contributed by atoms with E-state index in [1.807, 2.05) is 48.3 Å². The number of rotatable bonds is 9. The second kappa shape index (κ2) is 11.0. The summed E-state index contributed by atoms with van der Waals surface area (Å²) in [6, 6.07) is 11.9. The van der Waals surface area contributed by atoms with Crippen LogP contribution in [-0.2, 0) is 11.8 Å². The molecule has 206 valence electrons. The van der Waals surface area contributed by atoms with Gasteiger partial charge < -0.3 is 20.3 Å². The summed E-state index contributed by atoms with van der Waals surface area (Å²) in [5, 5.41) is 11.7. The van der Waals surface area contributed by atoms with Crippen molar-refractivity contribution in [3.63, 3.8) is 0 Å². The van der Waals surface area contributed by atoms with Crippen molar-refractivity contribution in [3.05, 3.63) is 61.6 Å². The third-order valence-electron chi connectivity index (χ3n) is 7.66. The van der Waals surface area contributed by atoms with Crippen molar-refractivity contribution in [2.75, 3.05) is 55.4 Å². The van der Waals surface area contributed by atoms with Crippen LogP contribution in [-0.4, -0.2) is 70.4 Å². The molecule has 6 rings (SSSR count). The molecular weight excluding hydrogens is 504 g/mol. The number of amides is 1. The predicted molar refractivity (Wildman–Crippen MR) is 158 cm³/mol. The van der Waals surface area contributed by atoms with E-state index < -0.39 is 0 Å². The number of nitrogens with one attached hydrogen (secondary N) is 2. The van der Waals surface area contributed by atoms with E-state index in [-0.39, 0.29) is 5.91 Å². The summed E-state index contributed by atoms with van der Waals surface area (Å²) in [5.74, 6) is 1.88. The molecule has 2 aromatic heterocycles. The highest BCUT2D eigenvalue weighted by Gasteiger charge is 2.27. The van der Waals surface area contributed by atoms with E-state index in [1.165, 1.54) is 31.8 Å². The molecule has 2 aromatic carbocycles. The van der Waals surface area contributed by atoms with Gasteiger partial charge in [0.25, 0.3) is 0 Å². The Morgan fingerprint density at radius 2 is 1.93 bits per heavy atom. The van der Waals surface area contributed by atoms with Gasteiger partial charge in [-0.15, -0.1) is 0 Å². The monoisotopic (exact) mass is 538 g/mol. The summed E-state index contributed by atoms with van der Waals surface area (Å²) < 4.78 is 7.64. The lowest BCUT2D eigenvalue weighted by atomic mass is 10.1. The van der Waals surface area contributed by atoms with Crippen molar-refractivity contribution in [1.82, 2.24) is 24.6 Å². The van der Waals surface area contributed by atoms with Crippen molar-refractivity contribution >= 4 is 39.7 Å². The molecule has 0 unspecified atom stereocenters. The number of anilines is 4. The van der Waals surface area contributed by atoms with Crippen LogP contribution in [0.4, 0.5) is 22.9 Å². The molecule has 0 spiro atoms. The van der Waals surface area contributed by atoms with Gasteiger partial charge in [-0.2, -0.15) is 5.10 Å². The van der Waals surface area contributed by atoms with Crippen molar-refractivity contribution in [3.8, 4) is 17.0 Å². The summed E-state index contributed by atoms with van der Waals surface area (Å²) in [6.07, 6.45) is 7.38. The Balaban J connectivity index is 1.27. The fourth-order valence-corrected chi connectivity index (χ4v) is 5.26. The van der Waals surface area contributed by atoms with E-state index >= 15 is 0 Å². The molecule has 0 radical (unpaired) electrons. The Morgan fingerprint density at radius 3 is 2.67 bits per heavy atom. The molecule has 2 fully saturated rings. The maximum absolute atomic E-state index is 12.4. The van der Waals surface area contributed by atoms with Crippen LogP contribution in [0.15, 0.2) is 61.6 Å². The molecule has 2 aliphatic rings. The molecule has 0 bridgehead atoms. The van der Waals surface area contributed by atoms with Crippen LogP contribution < -0.4 is 20.3 Å². The normalized spacial score (nSPS) is 15.7. The van der Waals surface area contributed by atoms with E-state index in [2.05, 4.69) is 48.1 Å². The van der Waals surface area contributed by atoms with Crippen LogP contribution >= 0.6 is 0 Å². The van der Waals surface area contributed by atoms with E-state index in [4.69, 9.17) is 4.74 Å². The SMILES string of the molecule is C=CC(=O)Nc1cc(Nc2cc(-c3ccc4c(cnn4C)c3)ncn2)c(OC)cc1N1CCN(CC2CC2)CC1. The molecule has 40 heavy (non-hydrogen) atoms. The van der Waals surface area contributed by atoms with Crippen LogP contribution in [0.25, 0.3) is 22.2 Å². The van der Waals surface area contributed by atoms with Crippen molar-refractivity contribution in [2.45, 2.75) is 12.8 Å². The first kappa shape index (κ1) is 25.8. The van der Waals surface area contributed by atoms with Gasteiger partial charge in [-0.1, -0.05) is 12.6 Å². The van der Waals surface area contributed by atoms with Gasteiger partial charge in [0.1, 0.15) is 17.9 Å². The minimum Gasteiger partial charge on any atom is -0.494 e. The summed E-state index contributed by atoms with van der Waals surface area (Å²) in [4.78, 5) is 26.2. The Bertz CT molecular complexity index is 1550. The molecule has 2 N–H and O–H groups in total. The number of hydrogen-bond donors (Lipinski definition) is 2. The highest BCUT2D eigenvalue weighted by Crippen LogP contribution is 2.39. The molecule has 1 aliphatic heterocycles. The predicted octanol–water partition coefficient (Wildman–Crippen LogP) is 4.44. The Morgan fingerprint density at radius 1 is 1.10 bits per heavy atom. The number of nitrogens with zero attached hydrogens (tertiary/aromatic N) is 6. The summed E-state index contributed by atoms with van der Waals surface area (Å²) in [6.45, 7) is 8.60. The zero-order valence-corrected chi connectivity index (χ0v) is 22.9. The summed E-state index contributed by atoms with van der Waals surface area (Å²) >= 11 is 0. The minimum atomic E-state index is -0.264. The molecule has 3 heterocycles. The van der Waals surface area contributed by atoms with E-state index in [0.717, 1.165) is 59.9 Å². The van der Waals surface area contributed by atoms with Gasteiger partial charge in [0, 0.05) is 62.9 Å². The molecule has 10 nitrogen and oxygen atoms in total. The zero-order chi connectivity index (χ0) is 27.6. The Hall–Kier alpha value is -4.44. The number of aromatic nitrogens is 4.